The largest absolute Gasteiger partial charge is 0.352 e. The molecular formula is C16H21N3OS2. The number of nitrogens with one attached hydrogen (secondary N) is 1. The van der Waals surface area contributed by atoms with Gasteiger partial charge in [0.25, 0.3) is 5.91 Å². The van der Waals surface area contributed by atoms with Crippen LogP contribution in [0.1, 0.15) is 33.9 Å². The first-order valence-corrected chi connectivity index (χ1v) is 9.17. The van der Waals surface area contributed by atoms with Crippen LogP contribution in [0.3, 0.4) is 0 Å². The number of hydrogen-bond donors (Lipinski definition) is 2. The number of hydrogen-bond acceptors (Lipinski definition) is 5. The highest BCUT2D eigenvalue weighted by Crippen LogP contribution is 2.23. The smallest absolute Gasteiger partial charge is 0.251 e. The van der Waals surface area contributed by atoms with Crippen LogP contribution in [0.5, 0.6) is 0 Å². The number of rotatable bonds is 8. The zero-order valence-corrected chi connectivity index (χ0v) is 14.3. The van der Waals surface area contributed by atoms with Crippen LogP contribution in [0, 0.1) is 6.92 Å². The lowest BCUT2D eigenvalue weighted by molar-refractivity contribution is 0.0953. The first-order valence-electron chi connectivity index (χ1n) is 7.31. The molecule has 0 aliphatic carbocycles. The maximum Gasteiger partial charge on any atom is 0.251 e. The predicted molar refractivity (Wildman–Crippen MR) is 93.5 cm³/mol. The lowest BCUT2D eigenvalue weighted by Crippen LogP contribution is -2.24. The van der Waals surface area contributed by atoms with Gasteiger partial charge in [-0.25, -0.2) is 4.98 Å². The van der Waals surface area contributed by atoms with E-state index in [0.717, 1.165) is 34.2 Å². The molecule has 0 aliphatic heterocycles. The summed E-state index contributed by atoms with van der Waals surface area (Å²) in [5.74, 6) is 0.832. The van der Waals surface area contributed by atoms with Crippen LogP contribution in [0.15, 0.2) is 34.5 Å². The normalized spacial score (nSPS) is 10.6. The number of unbranched alkanes of at least 4 members (excludes halogenated alkanes) is 1. The van der Waals surface area contributed by atoms with Crippen molar-refractivity contribution in [3.8, 4) is 0 Å². The quantitative estimate of drug-likeness (QED) is 0.574. The lowest BCUT2D eigenvalue weighted by atomic mass is 10.2. The minimum Gasteiger partial charge on any atom is -0.352 e. The van der Waals surface area contributed by atoms with Gasteiger partial charge in [0.2, 0.25) is 0 Å². The molecule has 1 amide bonds. The van der Waals surface area contributed by atoms with Gasteiger partial charge in [0.1, 0.15) is 0 Å². The number of carbonyl (C=O) groups is 1. The Morgan fingerprint density at radius 1 is 1.32 bits per heavy atom. The monoisotopic (exact) mass is 335 g/mol. The van der Waals surface area contributed by atoms with Gasteiger partial charge in [0, 0.05) is 28.1 Å². The Labute approximate surface area is 139 Å². The van der Waals surface area contributed by atoms with E-state index in [-0.39, 0.29) is 5.91 Å². The van der Waals surface area contributed by atoms with Crippen molar-refractivity contribution >= 4 is 29.0 Å². The maximum atomic E-state index is 11.9. The van der Waals surface area contributed by atoms with Crippen molar-refractivity contribution in [2.24, 2.45) is 5.73 Å². The first kappa shape index (κ1) is 17.0. The number of nitrogens with zero attached hydrogens (tertiary/aromatic N) is 1. The van der Waals surface area contributed by atoms with E-state index in [1.807, 2.05) is 31.2 Å². The Morgan fingerprint density at radius 3 is 2.73 bits per heavy atom. The van der Waals surface area contributed by atoms with E-state index in [0.29, 0.717) is 18.7 Å². The van der Waals surface area contributed by atoms with Gasteiger partial charge >= 0.3 is 0 Å². The van der Waals surface area contributed by atoms with Crippen molar-refractivity contribution in [2.75, 3.05) is 13.1 Å². The second kappa shape index (κ2) is 8.92. The summed E-state index contributed by atoms with van der Waals surface area (Å²) < 4.78 is 0. The van der Waals surface area contributed by atoms with E-state index in [9.17, 15) is 4.79 Å². The Hall–Kier alpha value is -1.37. The second-order valence-electron chi connectivity index (χ2n) is 4.92. The van der Waals surface area contributed by atoms with Gasteiger partial charge in [0.15, 0.2) is 0 Å². The Morgan fingerprint density at radius 2 is 2.09 bits per heavy atom. The molecule has 22 heavy (non-hydrogen) atoms. The van der Waals surface area contributed by atoms with Gasteiger partial charge in [0.05, 0.1) is 10.7 Å². The third-order valence-corrected chi connectivity index (χ3v) is 4.95. The van der Waals surface area contributed by atoms with Crippen molar-refractivity contribution in [1.82, 2.24) is 10.3 Å². The molecule has 0 unspecified atom stereocenters. The van der Waals surface area contributed by atoms with E-state index in [1.165, 1.54) is 0 Å². The zero-order chi connectivity index (χ0) is 15.8. The van der Waals surface area contributed by atoms with E-state index < -0.39 is 0 Å². The molecule has 118 valence electrons. The van der Waals surface area contributed by atoms with Crippen LogP contribution in [-0.2, 0) is 5.75 Å². The standard InChI is InChI=1S/C16H21N3OS2/c1-12-19-14(10-21-12)11-22-15-6-4-13(5-7-15)16(20)18-9-3-2-8-17/h4-7,10H,2-3,8-9,11,17H2,1H3,(H,18,20). The van der Waals surface area contributed by atoms with Gasteiger partial charge in [-0.2, -0.15) is 0 Å². The number of benzene rings is 1. The third-order valence-electron chi connectivity index (χ3n) is 3.09. The number of amides is 1. The average Bonchev–Trinajstić information content (AvgIpc) is 2.95. The predicted octanol–water partition coefficient (Wildman–Crippen LogP) is 3.21. The third kappa shape index (κ3) is 5.44. The Kier molecular flexibility index (Phi) is 6.89. The minimum atomic E-state index is -0.0244. The number of thiazole rings is 1. The molecule has 1 aromatic carbocycles. The number of aromatic nitrogens is 1. The molecule has 2 aromatic rings. The molecule has 0 bridgehead atoms. The first-order chi connectivity index (χ1) is 10.7. The molecule has 1 heterocycles. The summed E-state index contributed by atoms with van der Waals surface area (Å²) in [4.78, 5) is 17.5. The molecule has 2 rings (SSSR count). The highest BCUT2D eigenvalue weighted by atomic mass is 32.2. The molecule has 0 saturated carbocycles. The van der Waals surface area contributed by atoms with Crippen molar-refractivity contribution in [2.45, 2.75) is 30.4 Å². The van der Waals surface area contributed by atoms with Crippen molar-refractivity contribution in [3.63, 3.8) is 0 Å². The molecule has 1 aromatic heterocycles. The minimum absolute atomic E-state index is 0.0244. The van der Waals surface area contributed by atoms with E-state index in [4.69, 9.17) is 5.73 Å². The molecular weight excluding hydrogens is 314 g/mol. The number of nitrogens with two attached hydrogens (primary N) is 1. The highest BCUT2D eigenvalue weighted by Gasteiger charge is 2.05. The molecule has 4 nitrogen and oxygen atoms in total. The summed E-state index contributed by atoms with van der Waals surface area (Å²) in [5, 5.41) is 6.09. The summed E-state index contributed by atoms with van der Waals surface area (Å²) in [5.41, 5.74) is 7.23. The van der Waals surface area contributed by atoms with E-state index >= 15 is 0 Å². The topological polar surface area (TPSA) is 68.0 Å². The molecule has 0 spiro atoms. The van der Waals surface area contributed by atoms with Crippen LogP contribution in [0.2, 0.25) is 0 Å². The molecule has 3 N–H and O–H groups in total. The maximum absolute atomic E-state index is 11.9. The number of aryl methyl sites for hydroxylation is 1. The van der Waals surface area contributed by atoms with Crippen LogP contribution in [-0.4, -0.2) is 24.0 Å². The van der Waals surface area contributed by atoms with Gasteiger partial charge in [-0.15, -0.1) is 23.1 Å². The van der Waals surface area contributed by atoms with Crippen LogP contribution < -0.4 is 11.1 Å². The second-order valence-corrected chi connectivity index (χ2v) is 7.03. The molecule has 0 aliphatic rings. The summed E-state index contributed by atoms with van der Waals surface area (Å²) in [6.45, 7) is 3.36. The summed E-state index contributed by atoms with van der Waals surface area (Å²) >= 11 is 3.40. The van der Waals surface area contributed by atoms with Crippen molar-refractivity contribution < 1.29 is 4.79 Å². The Bertz CT molecular complexity index is 596. The fourth-order valence-electron chi connectivity index (χ4n) is 1.91. The van der Waals surface area contributed by atoms with Crippen molar-refractivity contribution in [3.05, 3.63) is 45.9 Å². The Balaban J connectivity index is 1.80. The molecule has 6 heteroatoms. The fraction of sp³-hybridized carbons (Fsp3) is 0.375. The molecule has 0 saturated heterocycles. The zero-order valence-electron chi connectivity index (χ0n) is 12.7. The number of thioether (sulfide) groups is 1. The van der Waals surface area contributed by atoms with Crippen molar-refractivity contribution in [1.29, 1.82) is 0 Å². The van der Waals surface area contributed by atoms with E-state index in [1.54, 1.807) is 23.1 Å². The SMILES string of the molecule is Cc1nc(CSc2ccc(C(=O)NCCCCN)cc2)cs1. The summed E-state index contributed by atoms with van der Waals surface area (Å²) in [6, 6.07) is 7.71. The van der Waals surface area contributed by atoms with E-state index in [2.05, 4.69) is 15.7 Å². The van der Waals surface area contributed by atoms with Gasteiger partial charge in [-0.1, -0.05) is 0 Å². The summed E-state index contributed by atoms with van der Waals surface area (Å²) in [7, 11) is 0. The van der Waals surface area contributed by atoms with Crippen LogP contribution >= 0.6 is 23.1 Å². The molecule has 0 radical (unpaired) electrons. The van der Waals surface area contributed by atoms with Gasteiger partial charge in [-0.05, 0) is 50.6 Å². The molecule has 0 atom stereocenters. The number of carbonyl (C=O) groups excluding carboxylic acids is 1. The van der Waals surface area contributed by atoms with Gasteiger partial charge < -0.3 is 11.1 Å². The van der Waals surface area contributed by atoms with Crippen LogP contribution in [0.4, 0.5) is 0 Å². The fourth-order valence-corrected chi connectivity index (χ4v) is 3.42. The summed E-state index contributed by atoms with van der Waals surface area (Å²) in [6.07, 6.45) is 1.86. The average molecular weight is 335 g/mol. The van der Waals surface area contributed by atoms with Crippen LogP contribution in [0.25, 0.3) is 0 Å². The highest BCUT2D eigenvalue weighted by molar-refractivity contribution is 7.98. The lowest BCUT2D eigenvalue weighted by Gasteiger charge is -2.05. The molecule has 0 fully saturated rings. The van der Waals surface area contributed by atoms with Gasteiger partial charge in [-0.3, -0.25) is 4.79 Å².